The predicted molar refractivity (Wildman–Crippen MR) is 343 cm³/mol. The third-order valence-corrected chi connectivity index (χ3v) is 16.8. The van der Waals surface area contributed by atoms with E-state index in [1.165, 1.54) is 0 Å². The summed E-state index contributed by atoms with van der Waals surface area (Å²) < 4.78 is 72.1. The molecular formula is C70H81N5O24. The molecule has 10 rings (SSSR count). The zero-order valence-corrected chi connectivity index (χ0v) is 53.4. The molecule has 4 fully saturated rings. The van der Waals surface area contributed by atoms with Gasteiger partial charge < -0.3 is 119 Å². The Labute approximate surface area is 569 Å². The molecule has 1 saturated carbocycles. The fourth-order valence-corrected chi connectivity index (χ4v) is 11.6. The first-order valence-electron chi connectivity index (χ1n) is 32.1. The number of alkyl carbamates (subject to hydrolysis) is 5. The van der Waals surface area contributed by atoms with E-state index in [0.717, 1.165) is 5.56 Å². The molecule has 3 heterocycles. The van der Waals surface area contributed by atoms with Gasteiger partial charge in [-0.1, -0.05) is 182 Å². The molecule has 99 heavy (non-hydrogen) atoms. The third kappa shape index (κ3) is 20.6. The van der Waals surface area contributed by atoms with Crippen LogP contribution in [0.2, 0.25) is 0 Å². The molecule has 3 aliphatic heterocycles. The van der Waals surface area contributed by atoms with Crippen molar-refractivity contribution >= 4 is 30.5 Å². The van der Waals surface area contributed by atoms with Crippen LogP contribution in [0.4, 0.5) is 24.0 Å². The first-order chi connectivity index (χ1) is 48.1. The molecule has 0 spiro atoms. The van der Waals surface area contributed by atoms with Crippen LogP contribution < -0.4 is 26.6 Å². The minimum Gasteiger partial charge on any atom is -0.445 e. The van der Waals surface area contributed by atoms with E-state index in [4.69, 9.17) is 56.8 Å². The van der Waals surface area contributed by atoms with Gasteiger partial charge in [0.05, 0.1) is 31.9 Å². The van der Waals surface area contributed by atoms with Crippen molar-refractivity contribution in [1.82, 2.24) is 26.6 Å². The van der Waals surface area contributed by atoms with Crippen molar-refractivity contribution in [3.63, 3.8) is 0 Å². The Hall–Kier alpha value is -8.89. The highest BCUT2D eigenvalue weighted by atomic mass is 16.8. The minimum atomic E-state index is -2.08. The summed E-state index contributed by atoms with van der Waals surface area (Å²) in [5.41, 5.74) is 3.78. The van der Waals surface area contributed by atoms with E-state index in [1.807, 2.05) is 6.07 Å². The largest absolute Gasteiger partial charge is 0.445 e. The number of hydrogen-bond acceptors (Lipinski definition) is 24. The number of hydrogen-bond donors (Lipinski definition) is 12. The summed E-state index contributed by atoms with van der Waals surface area (Å²) in [6.07, 6.45) is -33.2. The van der Waals surface area contributed by atoms with Gasteiger partial charge in [-0.3, -0.25) is 0 Å². The van der Waals surface area contributed by atoms with Crippen molar-refractivity contribution in [2.45, 2.75) is 162 Å². The van der Waals surface area contributed by atoms with Crippen molar-refractivity contribution in [1.29, 1.82) is 0 Å². The summed E-state index contributed by atoms with van der Waals surface area (Å²) in [7, 11) is 0. The quantitative estimate of drug-likeness (QED) is 0.0329. The molecule has 0 bridgehead atoms. The second kappa shape index (κ2) is 36.3. The van der Waals surface area contributed by atoms with E-state index >= 15 is 0 Å². The van der Waals surface area contributed by atoms with Gasteiger partial charge in [-0.15, -0.1) is 0 Å². The SMILES string of the molecule is O=C(NC[C@@H]1O[C@H](O[C@H]2[C@@H](O)[C@H](O[C@@H]3[C@@H](O)[C@H](NC(=O)OCc4ccccc4)C[C@H](NC(=O)OCc4ccccc4)[C@H]3O[C@H]3O[C@H](COCc4ccccc4)[C@@H](O)[C@H](O)[C@H]3NC(=O)OCc3ccccc3)O[C@@H]2CO)[C@H](NC(=O)OCc2ccccc2)[C@@H](O)[C@@H]1O)OCc1ccccc1. The summed E-state index contributed by atoms with van der Waals surface area (Å²) in [5.74, 6) is 0. The summed E-state index contributed by atoms with van der Waals surface area (Å²) >= 11 is 0. The third-order valence-electron chi connectivity index (χ3n) is 16.8. The summed E-state index contributed by atoms with van der Waals surface area (Å²) in [5, 5.41) is 96.3. The summed E-state index contributed by atoms with van der Waals surface area (Å²) in [4.78, 5) is 68.4. The van der Waals surface area contributed by atoms with Crippen LogP contribution in [0.1, 0.15) is 39.8 Å². The molecular weight excluding hydrogens is 1290 g/mol. The van der Waals surface area contributed by atoms with E-state index in [-0.39, 0.29) is 46.2 Å². The standard InChI is InChI=1S/C70H81N5O24/c76-33-50-61(98-63-52(74-69(86)92-38-45-27-15-5-16-28-45)57(80)55(78)49(94-63)32-71-66(83)89-35-42-21-9-2-10-22-42)59(82)65(95-50)99-62-54(77)47(72-67(84)90-36-43-23-11-3-12-24-43)31-48(73-68(85)91-37-44-25-13-4-14-26-44)60(62)97-64-53(75-70(87)93-39-46-29-17-6-18-30-46)58(81)56(79)51(96-64)40-88-34-41-19-7-1-8-20-41/h1-30,47-65,76-82H,31-40H2,(H,71,83)(H,72,84)(H,73,85)(H,74,86)(H,75,87)/t47-,48+,49+,50-,51-,52-,53-,54+,55-,56-,57-,58-,59-,60-,61-,62-,63-,64-,65+/m1/s1. The minimum absolute atomic E-state index is 0.0213. The van der Waals surface area contributed by atoms with Gasteiger partial charge in [0.1, 0.15) is 118 Å². The Balaban J connectivity index is 0.958. The van der Waals surface area contributed by atoms with Gasteiger partial charge in [0.25, 0.3) is 0 Å². The fraction of sp³-hybridized carbons (Fsp3) is 0.414. The molecule has 6 aromatic rings. The molecule has 6 aromatic carbocycles. The summed E-state index contributed by atoms with van der Waals surface area (Å²) in [6, 6.07) is 45.8. The van der Waals surface area contributed by atoms with Crippen LogP contribution in [0.3, 0.4) is 0 Å². The zero-order chi connectivity index (χ0) is 69.6. The molecule has 5 amide bonds. The Morgan fingerprint density at radius 3 is 1.12 bits per heavy atom. The number of carbonyl (C=O) groups is 5. The molecule has 0 unspecified atom stereocenters. The number of carbonyl (C=O) groups excluding carboxylic acids is 5. The Morgan fingerprint density at radius 2 is 0.697 bits per heavy atom. The van der Waals surface area contributed by atoms with E-state index in [1.54, 1.807) is 176 Å². The van der Waals surface area contributed by atoms with Crippen LogP contribution >= 0.6 is 0 Å². The van der Waals surface area contributed by atoms with Crippen molar-refractivity contribution < 1.29 is 117 Å². The fourth-order valence-electron chi connectivity index (χ4n) is 11.6. The molecule has 0 aromatic heterocycles. The van der Waals surface area contributed by atoms with Gasteiger partial charge in [-0.05, 0) is 39.8 Å². The van der Waals surface area contributed by atoms with Gasteiger partial charge >= 0.3 is 30.5 Å². The second-order valence-electron chi connectivity index (χ2n) is 23.8. The normalized spacial score (nSPS) is 28.8. The van der Waals surface area contributed by atoms with Crippen LogP contribution in [0.25, 0.3) is 0 Å². The molecule has 29 heteroatoms. The van der Waals surface area contributed by atoms with Crippen molar-refractivity contribution in [2.24, 2.45) is 0 Å². The number of aliphatic hydroxyl groups excluding tert-OH is 7. The van der Waals surface area contributed by atoms with Gasteiger partial charge in [-0.2, -0.15) is 0 Å². The molecule has 530 valence electrons. The van der Waals surface area contributed by atoms with Crippen LogP contribution in [0.15, 0.2) is 182 Å². The van der Waals surface area contributed by atoms with Crippen LogP contribution in [0, 0.1) is 0 Å². The van der Waals surface area contributed by atoms with Crippen LogP contribution in [-0.2, 0) is 96.5 Å². The molecule has 4 aliphatic rings. The molecule has 0 radical (unpaired) electrons. The molecule has 3 saturated heterocycles. The Bertz CT molecular complexity index is 3460. The van der Waals surface area contributed by atoms with E-state index < -0.39 is 166 Å². The number of rotatable bonds is 27. The summed E-state index contributed by atoms with van der Waals surface area (Å²) in [6.45, 7) is -2.93. The number of nitrogens with one attached hydrogen (secondary N) is 5. The lowest BCUT2D eigenvalue weighted by atomic mass is 9.83. The maximum atomic E-state index is 14.2. The van der Waals surface area contributed by atoms with Gasteiger partial charge in [-0.25, -0.2) is 24.0 Å². The second-order valence-corrected chi connectivity index (χ2v) is 23.8. The first kappa shape index (κ1) is 72.8. The lowest BCUT2D eigenvalue weighted by molar-refractivity contribution is -0.315. The average molecular weight is 1380 g/mol. The molecule has 1 aliphatic carbocycles. The molecule has 29 nitrogen and oxygen atoms in total. The lowest BCUT2D eigenvalue weighted by Gasteiger charge is -2.49. The van der Waals surface area contributed by atoms with Crippen LogP contribution in [-0.4, -0.2) is 202 Å². The van der Waals surface area contributed by atoms with Crippen molar-refractivity contribution in [3.8, 4) is 0 Å². The van der Waals surface area contributed by atoms with Crippen LogP contribution in [0.5, 0.6) is 0 Å². The number of ether oxygens (including phenoxy) is 12. The van der Waals surface area contributed by atoms with E-state index in [2.05, 4.69) is 26.6 Å². The van der Waals surface area contributed by atoms with Gasteiger partial charge in [0, 0.05) is 6.54 Å². The predicted octanol–water partition coefficient (Wildman–Crippen LogP) is 3.20. The average Bonchev–Trinajstić information content (AvgIpc) is 1.76. The smallest absolute Gasteiger partial charge is 0.407 e. The van der Waals surface area contributed by atoms with Gasteiger partial charge in [0.2, 0.25) is 0 Å². The monoisotopic (exact) mass is 1380 g/mol. The number of benzene rings is 6. The van der Waals surface area contributed by atoms with Gasteiger partial charge in [0.15, 0.2) is 18.9 Å². The maximum Gasteiger partial charge on any atom is 0.407 e. The zero-order valence-electron chi connectivity index (χ0n) is 53.4. The number of aliphatic hydroxyl groups is 7. The van der Waals surface area contributed by atoms with E-state index in [9.17, 15) is 59.7 Å². The molecule has 12 N–H and O–H groups in total. The number of amides is 5. The van der Waals surface area contributed by atoms with Crippen molar-refractivity contribution in [2.75, 3.05) is 19.8 Å². The van der Waals surface area contributed by atoms with Crippen molar-refractivity contribution in [3.05, 3.63) is 215 Å². The maximum absolute atomic E-state index is 14.2. The molecule has 19 atom stereocenters. The first-order valence-corrected chi connectivity index (χ1v) is 32.1. The topological polar surface area (TPSA) is 398 Å². The highest BCUT2D eigenvalue weighted by Gasteiger charge is 2.57. The highest BCUT2D eigenvalue weighted by molar-refractivity contribution is 5.70. The highest BCUT2D eigenvalue weighted by Crippen LogP contribution is 2.36. The van der Waals surface area contributed by atoms with E-state index in [0.29, 0.717) is 27.8 Å². The lowest BCUT2D eigenvalue weighted by Crippen LogP contribution is -2.70. The Kier molecular flexibility index (Phi) is 26.7. The Morgan fingerprint density at radius 1 is 0.354 bits per heavy atom.